The van der Waals surface area contributed by atoms with Gasteiger partial charge in [-0.15, -0.1) is 0 Å². The molecule has 3 nitrogen and oxygen atoms in total. The number of H-pyrrole nitrogens is 1. The fourth-order valence-electron chi connectivity index (χ4n) is 3.55. The van der Waals surface area contributed by atoms with Gasteiger partial charge in [-0.2, -0.15) is 4.39 Å². The lowest BCUT2D eigenvalue weighted by Crippen LogP contribution is -2.24. The molecular weight excluding hydrogens is 337 g/mol. The van der Waals surface area contributed by atoms with Crippen molar-refractivity contribution in [2.45, 2.75) is 27.2 Å². The topological polar surface area (TPSA) is 31.1 Å². The first-order valence-corrected chi connectivity index (χ1v) is 9.69. The van der Waals surface area contributed by atoms with E-state index in [0.29, 0.717) is 6.54 Å². The maximum Gasteiger partial charge on any atom is 0.189 e. The van der Waals surface area contributed by atoms with Gasteiger partial charge in [0.25, 0.3) is 0 Å². The minimum Gasteiger partial charge on any atom is -0.367 e. The quantitative estimate of drug-likeness (QED) is 0.677. The van der Waals surface area contributed by atoms with Crippen LogP contribution in [0.1, 0.15) is 31.9 Å². The lowest BCUT2D eigenvalue weighted by Gasteiger charge is -2.26. The highest BCUT2D eigenvalue weighted by Gasteiger charge is 2.21. The molecule has 0 unspecified atom stereocenters. The Balaban J connectivity index is 0.00000102. The van der Waals surface area contributed by atoms with Crippen molar-refractivity contribution in [3.63, 3.8) is 0 Å². The van der Waals surface area contributed by atoms with Gasteiger partial charge in [0.15, 0.2) is 5.95 Å². The van der Waals surface area contributed by atoms with Crippen LogP contribution in [0.25, 0.3) is 17.2 Å². The van der Waals surface area contributed by atoms with Crippen LogP contribution in [0.2, 0.25) is 0 Å². The fraction of sp³-hybridized carbons (Fsp3) is 0.304. The molecule has 0 bridgehead atoms. The number of allylic oxidation sites excluding steroid dienone is 2. The minimum absolute atomic E-state index is 0.187. The normalized spacial score (nSPS) is 15.6. The van der Waals surface area contributed by atoms with E-state index in [1.54, 1.807) is 18.0 Å². The first kappa shape index (κ1) is 19.0. The summed E-state index contributed by atoms with van der Waals surface area (Å²) in [5.74, 6) is 0.865. The first-order chi connectivity index (χ1) is 13.2. The average Bonchev–Trinajstić information content (AvgIpc) is 3.14. The van der Waals surface area contributed by atoms with Crippen LogP contribution in [0.5, 0.6) is 0 Å². The third-order valence-corrected chi connectivity index (χ3v) is 4.99. The number of hydrogen-bond donors (Lipinski definition) is 2. The zero-order valence-electron chi connectivity index (χ0n) is 16.6. The summed E-state index contributed by atoms with van der Waals surface area (Å²) in [5.41, 5.74) is 7.36. The van der Waals surface area contributed by atoms with E-state index in [0.717, 1.165) is 24.4 Å². The highest BCUT2D eigenvalue weighted by molar-refractivity contribution is 5.87. The lowest BCUT2D eigenvalue weighted by atomic mass is 9.93. The highest BCUT2D eigenvalue weighted by Crippen LogP contribution is 2.37. The van der Waals surface area contributed by atoms with Crippen LogP contribution in [-0.2, 0) is 6.42 Å². The number of halogens is 1. The number of aromatic nitrogens is 1. The fourth-order valence-corrected chi connectivity index (χ4v) is 3.55. The summed E-state index contributed by atoms with van der Waals surface area (Å²) < 4.78 is 13.6. The molecule has 1 aromatic heterocycles. The van der Waals surface area contributed by atoms with E-state index in [9.17, 15) is 4.39 Å². The number of aryl methyl sites for hydroxylation is 1. The molecule has 2 aliphatic rings. The molecule has 0 fully saturated rings. The van der Waals surface area contributed by atoms with Crippen molar-refractivity contribution < 1.29 is 4.39 Å². The molecule has 2 aromatic rings. The van der Waals surface area contributed by atoms with Gasteiger partial charge in [0.1, 0.15) is 5.82 Å². The van der Waals surface area contributed by atoms with Crippen LogP contribution in [0, 0.1) is 0 Å². The summed E-state index contributed by atoms with van der Waals surface area (Å²) in [5, 5.41) is 3.47. The van der Waals surface area contributed by atoms with Gasteiger partial charge in [0.2, 0.25) is 0 Å². The van der Waals surface area contributed by atoms with Crippen molar-refractivity contribution >= 4 is 11.9 Å². The second kappa shape index (κ2) is 8.30. The molecule has 3 heterocycles. The molecule has 27 heavy (non-hydrogen) atoms. The summed E-state index contributed by atoms with van der Waals surface area (Å²) in [6.07, 6.45) is 8.74. The van der Waals surface area contributed by atoms with Crippen LogP contribution in [-0.4, -0.2) is 30.0 Å². The summed E-state index contributed by atoms with van der Waals surface area (Å²) in [6.45, 7) is 7.52. The maximum atomic E-state index is 13.6. The van der Waals surface area contributed by atoms with E-state index in [1.165, 1.54) is 27.8 Å². The van der Waals surface area contributed by atoms with E-state index in [2.05, 4.69) is 53.8 Å². The van der Waals surface area contributed by atoms with Crippen molar-refractivity contribution in [3.05, 3.63) is 70.8 Å². The number of aromatic amines is 1. The summed E-state index contributed by atoms with van der Waals surface area (Å²) in [6, 6.07) is 8.53. The Morgan fingerprint density at radius 3 is 2.59 bits per heavy atom. The number of benzene rings is 1. The predicted molar refractivity (Wildman–Crippen MR) is 113 cm³/mol. The number of anilines is 1. The van der Waals surface area contributed by atoms with Gasteiger partial charge in [-0.05, 0) is 40.8 Å². The molecule has 0 saturated heterocycles. The monoisotopic (exact) mass is 365 g/mol. The molecule has 142 valence electrons. The van der Waals surface area contributed by atoms with Gasteiger partial charge in [-0.3, -0.25) is 0 Å². The smallest absolute Gasteiger partial charge is 0.189 e. The van der Waals surface area contributed by atoms with E-state index < -0.39 is 0 Å². The molecule has 4 heteroatoms. The second-order valence-electron chi connectivity index (χ2n) is 6.56. The molecule has 1 aromatic carbocycles. The van der Waals surface area contributed by atoms with E-state index >= 15 is 0 Å². The Morgan fingerprint density at radius 2 is 1.85 bits per heavy atom. The Kier molecular flexibility index (Phi) is 5.84. The third kappa shape index (κ3) is 3.70. The maximum absolute atomic E-state index is 13.6. The van der Waals surface area contributed by atoms with Crippen LogP contribution in [0.3, 0.4) is 0 Å². The largest absolute Gasteiger partial charge is 0.367 e. The number of fused-ring (bicyclic) bond motifs is 1. The van der Waals surface area contributed by atoms with Crippen molar-refractivity contribution in [3.8, 4) is 11.1 Å². The lowest BCUT2D eigenvalue weighted by molar-refractivity contribution is 0.336. The van der Waals surface area contributed by atoms with Crippen molar-refractivity contribution in [2.24, 2.45) is 0 Å². The van der Waals surface area contributed by atoms with Gasteiger partial charge >= 0.3 is 0 Å². The molecular formula is C23H28FN3. The number of hydrogen-bond acceptors (Lipinski definition) is 2. The van der Waals surface area contributed by atoms with Crippen LogP contribution >= 0.6 is 0 Å². The second-order valence-corrected chi connectivity index (χ2v) is 6.56. The van der Waals surface area contributed by atoms with Crippen molar-refractivity contribution in [2.75, 3.05) is 25.5 Å². The SMILES string of the molecule is CC.CCc1ccccc1-c1c[nH]c2c1C=C(C1=CC=C(F)N(C)C1)CN2. The molecule has 4 rings (SSSR count). The summed E-state index contributed by atoms with van der Waals surface area (Å²) >= 11 is 0. The number of nitrogens with one attached hydrogen (secondary N) is 2. The van der Waals surface area contributed by atoms with Crippen molar-refractivity contribution in [1.82, 2.24) is 9.88 Å². The number of rotatable bonds is 3. The van der Waals surface area contributed by atoms with E-state index in [1.807, 2.05) is 19.9 Å². The summed E-state index contributed by atoms with van der Waals surface area (Å²) in [4.78, 5) is 4.99. The Hall–Kier alpha value is -2.75. The first-order valence-electron chi connectivity index (χ1n) is 9.69. The van der Waals surface area contributed by atoms with Crippen LogP contribution < -0.4 is 5.32 Å². The van der Waals surface area contributed by atoms with Crippen LogP contribution in [0.4, 0.5) is 10.2 Å². The van der Waals surface area contributed by atoms with Crippen molar-refractivity contribution in [1.29, 1.82) is 0 Å². The summed E-state index contributed by atoms with van der Waals surface area (Å²) in [7, 11) is 1.78. The number of nitrogens with zero attached hydrogens (tertiary/aromatic N) is 1. The Bertz CT molecular complexity index is 902. The molecule has 0 radical (unpaired) electrons. The van der Waals surface area contributed by atoms with Gasteiger partial charge in [0, 0.05) is 37.5 Å². The predicted octanol–water partition coefficient (Wildman–Crippen LogP) is 5.76. The molecule has 0 aliphatic carbocycles. The molecule has 0 saturated carbocycles. The van der Waals surface area contributed by atoms with E-state index in [4.69, 9.17) is 0 Å². The highest BCUT2D eigenvalue weighted by atomic mass is 19.1. The van der Waals surface area contributed by atoms with Gasteiger partial charge in [-0.25, -0.2) is 0 Å². The zero-order valence-corrected chi connectivity index (χ0v) is 16.6. The molecule has 2 N–H and O–H groups in total. The molecule has 0 spiro atoms. The van der Waals surface area contributed by atoms with Crippen LogP contribution in [0.15, 0.2) is 59.7 Å². The Labute approximate surface area is 161 Å². The Morgan fingerprint density at radius 1 is 1.07 bits per heavy atom. The molecule has 0 atom stereocenters. The van der Waals surface area contributed by atoms with Gasteiger partial charge < -0.3 is 15.2 Å². The zero-order chi connectivity index (χ0) is 19.4. The standard InChI is InChI=1S/C21H22FN3.C2H6/c1-3-14-6-4-5-7-17(14)19-12-24-21-18(19)10-16(11-23-21)15-8-9-20(22)25(2)13-15;1-2/h4-10,12,23-24H,3,11,13H2,1-2H3;1-2H3. The molecule has 2 aliphatic heterocycles. The van der Waals surface area contributed by atoms with E-state index in [-0.39, 0.29) is 5.95 Å². The van der Waals surface area contributed by atoms with Gasteiger partial charge in [-0.1, -0.05) is 51.1 Å². The average molecular weight is 365 g/mol. The number of likely N-dealkylation sites (N-methyl/N-ethyl adjacent to an activating group) is 1. The molecule has 0 amide bonds. The third-order valence-electron chi connectivity index (χ3n) is 4.99. The van der Waals surface area contributed by atoms with Gasteiger partial charge in [0.05, 0.1) is 0 Å². The minimum atomic E-state index is -0.187.